The smallest absolute Gasteiger partial charge is 0.320 e. The van der Waals surface area contributed by atoms with Crippen LogP contribution in [0.25, 0.3) is 0 Å². The van der Waals surface area contributed by atoms with Gasteiger partial charge in [-0.2, -0.15) is 0 Å². The highest BCUT2D eigenvalue weighted by atomic mass is 79.9. The van der Waals surface area contributed by atoms with Crippen molar-refractivity contribution in [3.63, 3.8) is 0 Å². The van der Waals surface area contributed by atoms with Gasteiger partial charge in [-0.15, -0.1) is 0 Å². The van der Waals surface area contributed by atoms with E-state index in [-0.39, 0.29) is 15.8 Å². The normalized spacial score (nSPS) is 14.2. The van der Waals surface area contributed by atoms with E-state index in [1.165, 1.54) is 0 Å². The van der Waals surface area contributed by atoms with Crippen LogP contribution in [0.1, 0.15) is 47.1 Å². The van der Waals surface area contributed by atoms with Gasteiger partial charge < -0.3 is 9.16 Å². The molecule has 0 bridgehead atoms. The van der Waals surface area contributed by atoms with Crippen LogP contribution in [0, 0.1) is 0 Å². The van der Waals surface area contributed by atoms with E-state index in [0.717, 1.165) is 11.3 Å². The Kier molecular flexibility index (Phi) is 6.73. The molecule has 1 rings (SSSR count). The molecule has 0 amide bonds. The molecule has 0 radical (unpaired) electrons. The minimum absolute atomic E-state index is 0.170. The van der Waals surface area contributed by atoms with Gasteiger partial charge in [0, 0.05) is 0 Å². The van der Waals surface area contributed by atoms with Gasteiger partial charge in [0.25, 0.3) is 0 Å². The summed E-state index contributed by atoms with van der Waals surface area (Å²) in [6.07, 6.45) is 0.593. The number of carbonyl (C=O) groups excluding carboxylic acids is 1. The number of hydrogen-bond donors (Lipinski definition) is 0. The molecular weight excluding hydrogens is 384 g/mol. The van der Waals surface area contributed by atoms with Gasteiger partial charge in [0.15, 0.2) is 0 Å². The van der Waals surface area contributed by atoms with E-state index in [9.17, 15) is 4.79 Å². The summed E-state index contributed by atoms with van der Waals surface area (Å²) in [6.45, 7) is 16.8. The zero-order valence-corrected chi connectivity index (χ0v) is 18.8. The van der Waals surface area contributed by atoms with Gasteiger partial charge in [0.05, 0.1) is 0 Å². The van der Waals surface area contributed by atoms with E-state index in [0.29, 0.717) is 6.42 Å². The van der Waals surface area contributed by atoms with Gasteiger partial charge in [-0.1, -0.05) is 48.8 Å². The summed E-state index contributed by atoms with van der Waals surface area (Å²) >= 11 is 3.43. The van der Waals surface area contributed by atoms with Crippen LogP contribution in [0.4, 0.5) is 0 Å². The van der Waals surface area contributed by atoms with Crippen LogP contribution in [-0.2, 0) is 16.0 Å². The van der Waals surface area contributed by atoms with Crippen LogP contribution in [-0.4, -0.2) is 24.7 Å². The molecule has 3 nitrogen and oxygen atoms in total. The molecule has 0 aromatic heterocycles. The van der Waals surface area contributed by atoms with Crippen LogP contribution < -0.4 is 4.43 Å². The lowest BCUT2D eigenvalue weighted by Crippen LogP contribution is -2.43. The van der Waals surface area contributed by atoms with Crippen molar-refractivity contribution in [2.45, 2.75) is 76.5 Å². The molecule has 136 valence electrons. The van der Waals surface area contributed by atoms with Crippen LogP contribution in [0.3, 0.4) is 0 Å². The molecular formula is C19H31BrO3Si. The highest BCUT2D eigenvalue weighted by Gasteiger charge is 2.38. The van der Waals surface area contributed by atoms with Crippen LogP contribution in [0.5, 0.6) is 5.75 Å². The first-order chi connectivity index (χ1) is 10.7. The van der Waals surface area contributed by atoms with Crippen molar-refractivity contribution >= 4 is 30.2 Å². The molecule has 1 aromatic carbocycles. The average molecular weight is 415 g/mol. The van der Waals surface area contributed by atoms with E-state index in [4.69, 9.17) is 9.16 Å². The van der Waals surface area contributed by atoms with Crippen molar-refractivity contribution in [3.05, 3.63) is 29.8 Å². The fourth-order valence-electron chi connectivity index (χ4n) is 1.80. The third-order valence-corrected chi connectivity index (χ3v) is 9.24. The zero-order valence-electron chi connectivity index (χ0n) is 16.2. The summed E-state index contributed by atoms with van der Waals surface area (Å²) in [6, 6.07) is 8.01. The number of rotatable bonds is 5. The highest BCUT2D eigenvalue weighted by molar-refractivity contribution is 9.10. The molecule has 0 aliphatic rings. The summed E-state index contributed by atoms with van der Waals surface area (Å²) in [5.41, 5.74) is 0.606. The Morgan fingerprint density at radius 1 is 1.08 bits per heavy atom. The second-order valence-corrected chi connectivity index (χ2v) is 14.5. The van der Waals surface area contributed by atoms with Crippen LogP contribution in [0.2, 0.25) is 18.1 Å². The van der Waals surface area contributed by atoms with E-state index in [1.54, 1.807) is 0 Å². The van der Waals surface area contributed by atoms with E-state index in [2.05, 4.69) is 49.8 Å². The molecule has 0 fully saturated rings. The fourth-order valence-corrected chi connectivity index (χ4v) is 3.30. The minimum atomic E-state index is -1.82. The van der Waals surface area contributed by atoms with Crippen LogP contribution >= 0.6 is 15.9 Å². The zero-order chi connectivity index (χ0) is 18.8. The lowest BCUT2D eigenvalue weighted by Gasteiger charge is -2.36. The van der Waals surface area contributed by atoms with Gasteiger partial charge in [0.1, 0.15) is 16.2 Å². The van der Waals surface area contributed by atoms with Gasteiger partial charge in [-0.25, -0.2) is 0 Å². The van der Waals surface area contributed by atoms with Crippen molar-refractivity contribution in [1.82, 2.24) is 0 Å². The Hall–Kier alpha value is -0.813. The lowest BCUT2D eigenvalue weighted by atomic mass is 10.1. The average Bonchev–Trinajstić information content (AvgIpc) is 2.37. The maximum absolute atomic E-state index is 12.0. The number of carbonyl (C=O) groups is 1. The maximum Gasteiger partial charge on any atom is 0.320 e. The quantitative estimate of drug-likeness (QED) is 0.351. The SMILES string of the molecule is CC(C)(C)OC(=O)C(Br)Cc1ccc(O[Si](C)(C)C(C)(C)C)cc1. The predicted octanol–water partition coefficient (Wildman–Crippen LogP) is 5.72. The number of halogens is 1. The first-order valence-corrected chi connectivity index (χ1v) is 12.2. The Morgan fingerprint density at radius 2 is 1.58 bits per heavy atom. The van der Waals surface area contributed by atoms with Gasteiger partial charge in [-0.3, -0.25) is 4.79 Å². The highest BCUT2D eigenvalue weighted by Crippen LogP contribution is 2.37. The third-order valence-electron chi connectivity index (χ3n) is 4.18. The monoisotopic (exact) mass is 414 g/mol. The molecule has 0 N–H and O–H groups in total. The van der Waals surface area contributed by atoms with Crippen molar-refractivity contribution in [2.75, 3.05) is 0 Å². The molecule has 1 atom stereocenters. The summed E-state index contributed by atoms with van der Waals surface area (Å²) in [7, 11) is -1.82. The number of esters is 1. The number of benzene rings is 1. The lowest BCUT2D eigenvalue weighted by molar-refractivity contribution is -0.153. The van der Waals surface area contributed by atoms with Crippen molar-refractivity contribution < 1.29 is 14.0 Å². The number of hydrogen-bond acceptors (Lipinski definition) is 3. The molecule has 0 heterocycles. The molecule has 0 saturated carbocycles. The minimum Gasteiger partial charge on any atom is -0.544 e. The second-order valence-electron chi connectivity index (χ2n) is 8.71. The second kappa shape index (κ2) is 7.61. The third kappa shape index (κ3) is 6.59. The summed E-state index contributed by atoms with van der Waals surface area (Å²) in [5, 5.41) is 0.170. The summed E-state index contributed by atoms with van der Waals surface area (Å²) in [5.74, 6) is 0.665. The Balaban J connectivity index is 2.70. The van der Waals surface area contributed by atoms with E-state index in [1.807, 2.05) is 45.0 Å². The summed E-state index contributed by atoms with van der Waals surface area (Å²) in [4.78, 5) is 11.7. The van der Waals surface area contributed by atoms with E-state index >= 15 is 0 Å². The van der Waals surface area contributed by atoms with Crippen molar-refractivity contribution in [1.29, 1.82) is 0 Å². The van der Waals surface area contributed by atoms with Crippen LogP contribution in [0.15, 0.2) is 24.3 Å². The van der Waals surface area contributed by atoms with Crippen molar-refractivity contribution in [2.24, 2.45) is 0 Å². The number of ether oxygens (including phenoxy) is 1. The fraction of sp³-hybridized carbons (Fsp3) is 0.632. The van der Waals surface area contributed by atoms with E-state index < -0.39 is 13.9 Å². The Morgan fingerprint density at radius 3 is 2.00 bits per heavy atom. The topological polar surface area (TPSA) is 35.5 Å². The standard InChI is InChI=1S/C19H31BrO3Si/c1-18(2,3)22-17(21)16(20)13-14-9-11-15(12-10-14)23-24(7,8)19(4,5)6/h9-12,16H,13H2,1-8H3. The first kappa shape index (κ1) is 21.2. The van der Waals surface area contributed by atoms with Gasteiger partial charge in [-0.05, 0) is 63.0 Å². The number of alkyl halides is 1. The summed E-state index contributed by atoms with van der Waals surface area (Å²) < 4.78 is 11.7. The molecule has 0 aliphatic carbocycles. The van der Waals surface area contributed by atoms with Gasteiger partial charge in [0.2, 0.25) is 8.32 Å². The van der Waals surface area contributed by atoms with Gasteiger partial charge >= 0.3 is 5.97 Å². The largest absolute Gasteiger partial charge is 0.544 e. The van der Waals surface area contributed by atoms with Crippen molar-refractivity contribution in [3.8, 4) is 5.75 Å². The Bertz CT molecular complexity index is 553. The molecule has 0 aliphatic heterocycles. The molecule has 1 aromatic rings. The molecule has 5 heteroatoms. The molecule has 1 unspecified atom stereocenters. The molecule has 24 heavy (non-hydrogen) atoms. The predicted molar refractivity (Wildman–Crippen MR) is 107 cm³/mol. The molecule has 0 saturated heterocycles. The molecule has 0 spiro atoms. The maximum atomic E-state index is 12.0. The first-order valence-electron chi connectivity index (χ1n) is 8.36. The Labute approximate surface area is 156 Å².